The summed E-state index contributed by atoms with van der Waals surface area (Å²) < 4.78 is 45.5. The number of hydrogen-bond donors (Lipinski definition) is 3. The standard InChI is InChI=1S/C21H23F3N4O.C3H6.C2H6/c1-11(21(22,23)24)14(10-27-2)19-13-7-5-4-6-12(13)17-16(28-19)9-8-15(25)18(17)20(26)29-3;1-3-2;1-2/h8-10,26-27H,1,4-7,25H2,2-3H3;3H,1H2,2H3;1-2H3/b14-10+,26-20?;;. The molecule has 0 saturated heterocycles. The second-order valence-electron chi connectivity index (χ2n) is 7.31. The van der Waals surface area contributed by atoms with E-state index in [0.717, 1.165) is 24.0 Å². The van der Waals surface area contributed by atoms with Gasteiger partial charge in [0.1, 0.15) is 0 Å². The number of methoxy groups -OCH3 is 1. The Morgan fingerprint density at radius 1 is 1.21 bits per heavy atom. The Hall–Kier alpha value is -3.29. The van der Waals surface area contributed by atoms with E-state index in [0.29, 0.717) is 35.0 Å². The predicted octanol–water partition coefficient (Wildman–Crippen LogP) is 6.56. The van der Waals surface area contributed by atoms with Crippen LogP contribution in [-0.2, 0) is 17.6 Å². The van der Waals surface area contributed by atoms with Gasteiger partial charge in [0.25, 0.3) is 0 Å². The number of aryl methyl sites for hydroxylation is 1. The lowest BCUT2D eigenvalue weighted by atomic mass is 9.83. The maximum Gasteiger partial charge on any atom is 0.416 e. The third-order valence-electron chi connectivity index (χ3n) is 5.15. The topological polar surface area (TPSA) is 84.0 Å². The van der Waals surface area contributed by atoms with Crippen LogP contribution in [0.2, 0.25) is 0 Å². The Labute approximate surface area is 200 Å². The summed E-state index contributed by atoms with van der Waals surface area (Å²) in [5.74, 6) is -0.0962. The van der Waals surface area contributed by atoms with Gasteiger partial charge in [-0.2, -0.15) is 13.2 Å². The fourth-order valence-corrected chi connectivity index (χ4v) is 3.80. The number of halogens is 3. The number of aromatic nitrogens is 1. The highest BCUT2D eigenvalue weighted by Crippen LogP contribution is 2.41. The number of fused-ring (bicyclic) bond motifs is 3. The van der Waals surface area contributed by atoms with Crippen molar-refractivity contribution in [1.29, 1.82) is 5.41 Å². The lowest BCUT2D eigenvalue weighted by Crippen LogP contribution is -2.18. The molecule has 0 saturated carbocycles. The van der Waals surface area contributed by atoms with Crippen LogP contribution in [0.1, 0.15) is 56.0 Å². The van der Waals surface area contributed by atoms with Crippen LogP contribution in [0.4, 0.5) is 18.9 Å². The molecule has 186 valence electrons. The normalized spacial score (nSPS) is 12.9. The first-order chi connectivity index (χ1) is 16.1. The third-order valence-corrected chi connectivity index (χ3v) is 5.15. The van der Waals surface area contributed by atoms with E-state index in [2.05, 4.69) is 23.5 Å². The van der Waals surface area contributed by atoms with Gasteiger partial charge in [-0.1, -0.05) is 26.5 Å². The Balaban J connectivity index is 0.00000107. The van der Waals surface area contributed by atoms with Gasteiger partial charge in [-0.05, 0) is 55.9 Å². The zero-order valence-electron chi connectivity index (χ0n) is 20.6. The lowest BCUT2D eigenvalue weighted by Gasteiger charge is -2.25. The highest BCUT2D eigenvalue weighted by atomic mass is 19.4. The van der Waals surface area contributed by atoms with Gasteiger partial charge in [0.05, 0.1) is 29.5 Å². The van der Waals surface area contributed by atoms with Gasteiger partial charge in [-0.15, -0.1) is 6.58 Å². The van der Waals surface area contributed by atoms with E-state index < -0.39 is 11.7 Å². The van der Waals surface area contributed by atoms with Gasteiger partial charge in [-0.25, -0.2) is 4.98 Å². The minimum absolute atomic E-state index is 0.0831. The van der Waals surface area contributed by atoms with E-state index in [9.17, 15) is 13.2 Å². The predicted molar refractivity (Wildman–Crippen MR) is 136 cm³/mol. The first kappa shape index (κ1) is 28.7. The second kappa shape index (κ2) is 12.8. The average Bonchev–Trinajstić information content (AvgIpc) is 2.82. The molecule has 1 aliphatic carbocycles. The molecule has 0 fully saturated rings. The average molecular weight is 477 g/mol. The van der Waals surface area contributed by atoms with E-state index in [1.54, 1.807) is 18.2 Å². The van der Waals surface area contributed by atoms with Gasteiger partial charge < -0.3 is 15.8 Å². The van der Waals surface area contributed by atoms with Gasteiger partial charge in [-0.3, -0.25) is 5.41 Å². The van der Waals surface area contributed by atoms with Crippen molar-refractivity contribution in [2.24, 2.45) is 0 Å². The fraction of sp³-hybridized carbons (Fsp3) is 0.385. The highest BCUT2D eigenvalue weighted by Gasteiger charge is 2.36. The molecule has 0 aliphatic heterocycles. The van der Waals surface area contributed by atoms with Crippen molar-refractivity contribution in [2.45, 2.75) is 52.6 Å². The van der Waals surface area contributed by atoms with Crippen LogP contribution in [0.5, 0.6) is 0 Å². The van der Waals surface area contributed by atoms with Crippen LogP contribution in [0, 0.1) is 5.41 Å². The summed E-state index contributed by atoms with van der Waals surface area (Å²) in [6.07, 6.45) is 1.46. The molecule has 1 heterocycles. The van der Waals surface area contributed by atoms with Crippen molar-refractivity contribution in [2.75, 3.05) is 19.9 Å². The summed E-state index contributed by atoms with van der Waals surface area (Å²) in [4.78, 5) is 4.58. The zero-order chi connectivity index (χ0) is 26.1. The van der Waals surface area contributed by atoms with Crippen molar-refractivity contribution in [3.63, 3.8) is 0 Å². The molecule has 5 nitrogen and oxygen atoms in total. The molecule has 0 bridgehead atoms. The van der Waals surface area contributed by atoms with Gasteiger partial charge in [0, 0.05) is 29.9 Å². The van der Waals surface area contributed by atoms with Crippen LogP contribution in [0.15, 0.2) is 43.1 Å². The Morgan fingerprint density at radius 3 is 2.26 bits per heavy atom. The number of ether oxygens (including phenoxy) is 1. The molecule has 34 heavy (non-hydrogen) atoms. The summed E-state index contributed by atoms with van der Waals surface area (Å²) in [6.45, 7) is 12.5. The number of alkyl halides is 3. The third kappa shape index (κ3) is 6.18. The summed E-state index contributed by atoms with van der Waals surface area (Å²) in [5, 5.41) is 11.5. The van der Waals surface area contributed by atoms with Crippen molar-refractivity contribution < 1.29 is 17.9 Å². The van der Waals surface area contributed by atoms with Crippen LogP contribution in [0.3, 0.4) is 0 Å². The van der Waals surface area contributed by atoms with Crippen LogP contribution < -0.4 is 11.1 Å². The molecule has 8 heteroatoms. The molecular formula is C26H35F3N4O. The van der Waals surface area contributed by atoms with Crippen molar-refractivity contribution in [3.8, 4) is 0 Å². The Kier molecular flexibility index (Phi) is 10.8. The lowest BCUT2D eigenvalue weighted by molar-refractivity contribution is -0.0867. The maximum absolute atomic E-state index is 13.5. The minimum atomic E-state index is -4.58. The molecule has 1 aliphatic rings. The Morgan fingerprint density at radius 2 is 1.76 bits per heavy atom. The maximum atomic E-state index is 13.5. The highest BCUT2D eigenvalue weighted by molar-refractivity contribution is 6.11. The van der Waals surface area contributed by atoms with Crippen molar-refractivity contribution in [3.05, 3.63) is 65.5 Å². The van der Waals surface area contributed by atoms with E-state index in [1.165, 1.54) is 20.4 Å². The fourth-order valence-electron chi connectivity index (χ4n) is 3.80. The number of pyridine rings is 1. The number of nitrogens with one attached hydrogen (secondary N) is 2. The molecule has 0 atom stereocenters. The quantitative estimate of drug-likeness (QED) is 0.153. The Bertz CT molecular complexity index is 1070. The molecule has 4 N–H and O–H groups in total. The van der Waals surface area contributed by atoms with Gasteiger partial charge >= 0.3 is 6.18 Å². The largest absolute Gasteiger partial charge is 0.481 e. The molecule has 3 rings (SSSR count). The van der Waals surface area contributed by atoms with E-state index in [-0.39, 0.29) is 17.2 Å². The molecule has 0 spiro atoms. The minimum Gasteiger partial charge on any atom is -0.481 e. The number of nitrogens with two attached hydrogens (primary N) is 1. The molecule has 0 unspecified atom stereocenters. The van der Waals surface area contributed by atoms with Crippen molar-refractivity contribution >= 4 is 28.1 Å². The van der Waals surface area contributed by atoms with Crippen LogP contribution in [-0.4, -0.2) is 31.2 Å². The number of rotatable bonds is 4. The smallest absolute Gasteiger partial charge is 0.416 e. The number of nitrogens with zero attached hydrogens (tertiary/aromatic N) is 1. The first-order valence-electron chi connectivity index (χ1n) is 11.2. The van der Waals surface area contributed by atoms with Crippen LogP contribution >= 0.6 is 0 Å². The van der Waals surface area contributed by atoms with Crippen molar-refractivity contribution in [1.82, 2.24) is 10.3 Å². The van der Waals surface area contributed by atoms with Crippen LogP contribution in [0.25, 0.3) is 16.5 Å². The van der Waals surface area contributed by atoms with E-state index in [1.807, 2.05) is 20.8 Å². The zero-order valence-corrected chi connectivity index (χ0v) is 20.6. The molecule has 1 aromatic carbocycles. The molecule has 0 radical (unpaired) electrons. The van der Waals surface area contributed by atoms with Gasteiger partial charge in [0.2, 0.25) is 5.90 Å². The molecular weight excluding hydrogens is 441 g/mol. The SMILES string of the molecule is C=C(/C(=C\NC)c1nc2ccc(N)c(C(=N)OC)c2c2c1CCCC2)C(F)(F)F.C=CC.CC. The van der Waals surface area contributed by atoms with Gasteiger partial charge in [0.15, 0.2) is 0 Å². The number of anilines is 1. The van der Waals surface area contributed by atoms with E-state index in [4.69, 9.17) is 15.9 Å². The molecule has 0 amide bonds. The summed E-state index contributed by atoms with van der Waals surface area (Å²) in [6, 6.07) is 3.26. The number of hydrogen-bond acceptors (Lipinski definition) is 5. The number of allylic oxidation sites excluding steroid dienone is 3. The summed E-state index contributed by atoms with van der Waals surface area (Å²) in [5.41, 5.74) is 8.24. The monoisotopic (exact) mass is 476 g/mol. The van der Waals surface area contributed by atoms with E-state index >= 15 is 0 Å². The number of benzene rings is 1. The molecule has 1 aromatic heterocycles. The number of nitrogen functional groups attached to an aromatic ring is 1. The molecule has 2 aromatic rings. The summed E-state index contributed by atoms with van der Waals surface area (Å²) >= 11 is 0. The first-order valence-corrected chi connectivity index (χ1v) is 11.2. The summed E-state index contributed by atoms with van der Waals surface area (Å²) in [7, 11) is 2.92. The second-order valence-corrected chi connectivity index (χ2v) is 7.31.